The van der Waals surface area contributed by atoms with Gasteiger partial charge in [-0.3, -0.25) is 10.1 Å². The Balaban J connectivity index is 2.56. The molecular formula is C10H16F3NO3. The van der Waals surface area contributed by atoms with E-state index >= 15 is 0 Å². The van der Waals surface area contributed by atoms with Gasteiger partial charge >= 0.3 is 12.1 Å². The molecule has 1 saturated heterocycles. The fraction of sp³-hybridized carbons (Fsp3) is 0.900. The summed E-state index contributed by atoms with van der Waals surface area (Å²) in [6.07, 6.45) is -2.95. The summed E-state index contributed by atoms with van der Waals surface area (Å²) in [6.45, 7) is -0.336. The van der Waals surface area contributed by atoms with Crippen molar-refractivity contribution in [3.8, 4) is 0 Å². The van der Waals surface area contributed by atoms with Crippen LogP contribution in [0.5, 0.6) is 0 Å². The second kappa shape index (κ2) is 6.20. The second-order valence-electron chi connectivity index (χ2n) is 3.97. The Kier molecular flexibility index (Phi) is 5.20. The molecule has 0 aromatic carbocycles. The van der Waals surface area contributed by atoms with Crippen LogP contribution in [0, 0.1) is 5.92 Å². The number of methoxy groups -OCH3 is 1. The van der Waals surface area contributed by atoms with Gasteiger partial charge in [0.2, 0.25) is 0 Å². The van der Waals surface area contributed by atoms with Gasteiger partial charge in [0.25, 0.3) is 0 Å². The maximum Gasteiger partial charge on any atom is 0.401 e. The Morgan fingerprint density at radius 3 is 2.76 bits per heavy atom. The third-order valence-electron chi connectivity index (χ3n) is 2.64. The van der Waals surface area contributed by atoms with E-state index in [1.54, 1.807) is 0 Å². The summed E-state index contributed by atoms with van der Waals surface area (Å²) in [7, 11) is 1.16. The average Bonchev–Trinajstić information content (AvgIpc) is 2.29. The number of ether oxygens (including phenoxy) is 2. The van der Waals surface area contributed by atoms with Crippen LogP contribution in [0.1, 0.15) is 12.8 Å². The summed E-state index contributed by atoms with van der Waals surface area (Å²) in [5, 5.41) is 2.20. The van der Waals surface area contributed by atoms with Gasteiger partial charge in [-0.15, -0.1) is 0 Å². The highest BCUT2D eigenvalue weighted by Gasteiger charge is 2.35. The Hall–Kier alpha value is -0.820. The van der Waals surface area contributed by atoms with E-state index in [2.05, 4.69) is 10.1 Å². The van der Waals surface area contributed by atoms with E-state index in [9.17, 15) is 18.0 Å². The molecule has 1 fully saturated rings. The second-order valence-corrected chi connectivity index (χ2v) is 3.97. The minimum atomic E-state index is -4.35. The Morgan fingerprint density at radius 2 is 2.29 bits per heavy atom. The molecular weight excluding hydrogens is 239 g/mol. The van der Waals surface area contributed by atoms with Crippen LogP contribution in [0.25, 0.3) is 0 Å². The minimum Gasteiger partial charge on any atom is -0.468 e. The number of hydrogen-bond donors (Lipinski definition) is 1. The molecule has 0 aromatic heterocycles. The first-order valence-electron chi connectivity index (χ1n) is 5.40. The molecule has 7 heteroatoms. The van der Waals surface area contributed by atoms with Gasteiger partial charge in [0.15, 0.2) is 0 Å². The van der Waals surface area contributed by atoms with Crippen molar-refractivity contribution < 1.29 is 27.4 Å². The zero-order chi connectivity index (χ0) is 12.9. The normalized spacial score (nSPS) is 23.2. The highest BCUT2D eigenvalue weighted by atomic mass is 19.4. The SMILES string of the molecule is COC(=O)C(NCC(F)(F)F)C1CCCOC1. The van der Waals surface area contributed by atoms with E-state index in [0.717, 1.165) is 13.5 Å². The summed E-state index contributed by atoms with van der Waals surface area (Å²) in [5.74, 6) is -0.941. The van der Waals surface area contributed by atoms with Gasteiger partial charge in [-0.2, -0.15) is 13.2 Å². The molecule has 1 aliphatic heterocycles. The molecule has 0 saturated carbocycles. The first-order valence-corrected chi connectivity index (χ1v) is 5.40. The first-order chi connectivity index (χ1) is 7.94. The van der Waals surface area contributed by atoms with Crippen LogP contribution in [-0.4, -0.2) is 45.1 Å². The monoisotopic (exact) mass is 255 g/mol. The van der Waals surface area contributed by atoms with Crippen LogP contribution in [-0.2, 0) is 14.3 Å². The van der Waals surface area contributed by atoms with Crippen molar-refractivity contribution in [2.75, 3.05) is 26.9 Å². The minimum absolute atomic E-state index is 0.265. The number of alkyl halides is 3. The highest BCUT2D eigenvalue weighted by molar-refractivity contribution is 5.76. The summed E-state index contributed by atoms with van der Waals surface area (Å²) in [5.41, 5.74) is 0. The lowest BCUT2D eigenvalue weighted by molar-refractivity contribution is -0.150. The molecule has 1 heterocycles. The standard InChI is InChI=1S/C10H16F3NO3/c1-16-9(15)8(14-6-10(11,12)13)7-3-2-4-17-5-7/h7-8,14H,2-6H2,1H3. The number of rotatable bonds is 4. The Morgan fingerprint density at radius 1 is 1.59 bits per heavy atom. The van der Waals surface area contributed by atoms with E-state index in [-0.39, 0.29) is 12.5 Å². The zero-order valence-electron chi connectivity index (χ0n) is 9.55. The number of esters is 1. The van der Waals surface area contributed by atoms with Crippen molar-refractivity contribution in [2.45, 2.75) is 25.1 Å². The lowest BCUT2D eigenvalue weighted by Gasteiger charge is -2.29. The number of carbonyl (C=O) groups excluding carboxylic acids is 1. The van der Waals surface area contributed by atoms with E-state index in [1.165, 1.54) is 0 Å². The molecule has 1 aliphatic rings. The maximum atomic E-state index is 12.1. The first kappa shape index (κ1) is 14.2. The van der Waals surface area contributed by atoms with Crippen LogP contribution < -0.4 is 5.32 Å². The molecule has 2 unspecified atom stereocenters. The van der Waals surface area contributed by atoms with E-state index < -0.39 is 24.7 Å². The van der Waals surface area contributed by atoms with Crippen LogP contribution in [0.3, 0.4) is 0 Å². The summed E-state index contributed by atoms with van der Waals surface area (Å²) >= 11 is 0. The van der Waals surface area contributed by atoms with Gasteiger partial charge in [0, 0.05) is 12.5 Å². The fourth-order valence-corrected chi connectivity index (χ4v) is 1.82. The number of carbonyl (C=O) groups is 1. The predicted molar refractivity (Wildman–Crippen MR) is 53.4 cm³/mol. The number of hydrogen-bond acceptors (Lipinski definition) is 4. The van der Waals surface area contributed by atoms with Crippen LogP contribution in [0.4, 0.5) is 13.2 Å². The summed E-state index contributed by atoms with van der Waals surface area (Å²) in [4.78, 5) is 11.4. The molecule has 100 valence electrons. The third-order valence-corrected chi connectivity index (χ3v) is 2.64. The molecule has 2 atom stereocenters. The molecule has 0 spiro atoms. The van der Waals surface area contributed by atoms with Gasteiger partial charge in [0.05, 0.1) is 20.3 Å². The van der Waals surface area contributed by atoms with Gasteiger partial charge in [0.1, 0.15) is 6.04 Å². The molecule has 1 N–H and O–H groups in total. The van der Waals surface area contributed by atoms with Crippen molar-refractivity contribution in [3.05, 3.63) is 0 Å². The molecule has 0 aliphatic carbocycles. The van der Waals surface area contributed by atoms with Crippen molar-refractivity contribution >= 4 is 5.97 Å². The average molecular weight is 255 g/mol. The van der Waals surface area contributed by atoms with Crippen LogP contribution >= 0.6 is 0 Å². The molecule has 0 aromatic rings. The number of halogens is 3. The van der Waals surface area contributed by atoms with Gasteiger partial charge in [-0.05, 0) is 12.8 Å². The summed E-state index contributed by atoms with van der Waals surface area (Å²) in [6, 6.07) is -0.957. The van der Waals surface area contributed by atoms with Gasteiger partial charge in [-0.1, -0.05) is 0 Å². The largest absolute Gasteiger partial charge is 0.468 e. The van der Waals surface area contributed by atoms with Gasteiger partial charge in [-0.25, -0.2) is 0 Å². The van der Waals surface area contributed by atoms with E-state index in [1.807, 2.05) is 0 Å². The summed E-state index contributed by atoms with van der Waals surface area (Å²) < 4.78 is 46.0. The smallest absolute Gasteiger partial charge is 0.401 e. The molecule has 0 amide bonds. The van der Waals surface area contributed by atoms with E-state index in [4.69, 9.17) is 4.74 Å². The van der Waals surface area contributed by atoms with Gasteiger partial charge < -0.3 is 9.47 Å². The lowest BCUT2D eigenvalue weighted by atomic mass is 9.93. The van der Waals surface area contributed by atoms with Crippen molar-refractivity contribution in [1.82, 2.24) is 5.32 Å². The Labute approximate surface area is 97.5 Å². The zero-order valence-corrected chi connectivity index (χ0v) is 9.55. The molecule has 1 rings (SSSR count). The van der Waals surface area contributed by atoms with Crippen LogP contribution in [0.15, 0.2) is 0 Å². The number of nitrogens with one attached hydrogen (secondary N) is 1. The predicted octanol–water partition coefficient (Wildman–Crippen LogP) is 1.11. The topological polar surface area (TPSA) is 47.6 Å². The van der Waals surface area contributed by atoms with Crippen molar-refractivity contribution in [3.63, 3.8) is 0 Å². The van der Waals surface area contributed by atoms with Crippen LogP contribution in [0.2, 0.25) is 0 Å². The quantitative estimate of drug-likeness (QED) is 0.764. The van der Waals surface area contributed by atoms with Crippen molar-refractivity contribution in [2.24, 2.45) is 5.92 Å². The van der Waals surface area contributed by atoms with Crippen molar-refractivity contribution in [1.29, 1.82) is 0 Å². The molecule has 0 bridgehead atoms. The molecule has 4 nitrogen and oxygen atoms in total. The third kappa shape index (κ3) is 4.91. The Bertz CT molecular complexity index is 252. The fourth-order valence-electron chi connectivity index (χ4n) is 1.82. The maximum absolute atomic E-state index is 12.1. The van der Waals surface area contributed by atoms with E-state index in [0.29, 0.717) is 13.0 Å². The lowest BCUT2D eigenvalue weighted by Crippen LogP contribution is -2.49. The molecule has 0 radical (unpaired) electrons. The highest BCUT2D eigenvalue weighted by Crippen LogP contribution is 2.20. The molecule has 17 heavy (non-hydrogen) atoms.